The van der Waals surface area contributed by atoms with Crippen molar-refractivity contribution in [2.45, 2.75) is 31.1 Å². The summed E-state index contributed by atoms with van der Waals surface area (Å²) in [5.41, 5.74) is 2.22. The summed E-state index contributed by atoms with van der Waals surface area (Å²) in [5.74, 6) is 0. The van der Waals surface area contributed by atoms with Crippen LogP contribution in [0.25, 0.3) is 0 Å². The lowest BCUT2D eigenvalue weighted by molar-refractivity contribution is 0.588. The van der Waals surface area contributed by atoms with E-state index in [-0.39, 0.29) is 0 Å². The highest BCUT2D eigenvalue weighted by atomic mass is 79.9. The Hall–Kier alpha value is -1.23. The highest BCUT2D eigenvalue weighted by Gasteiger charge is 2.09. The predicted molar refractivity (Wildman–Crippen MR) is 69.9 cm³/mol. The monoisotopic (exact) mass is 294 g/mol. The lowest BCUT2D eigenvalue weighted by Crippen LogP contribution is -2.02. The molecule has 0 saturated carbocycles. The van der Waals surface area contributed by atoms with Gasteiger partial charge in [-0.1, -0.05) is 34.1 Å². The molecule has 0 aromatic carbocycles. The van der Waals surface area contributed by atoms with Crippen molar-refractivity contribution in [3.8, 4) is 0 Å². The highest BCUT2D eigenvalue weighted by Crippen LogP contribution is 2.23. The zero-order chi connectivity index (χ0) is 12.1. The molecule has 0 radical (unpaired) electrons. The lowest BCUT2D eigenvalue weighted by Gasteiger charge is -2.01. The van der Waals surface area contributed by atoms with Crippen LogP contribution in [0.5, 0.6) is 0 Å². The first-order valence-electron chi connectivity index (χ1n) is 5.72. The maximum absolute atomic E-state index is 4.15. The normalized spacial score (nSPS) is 12.6. The summed E-state index contributed by atoms with van der Waals surface area (Å²) in [6.07, 6.45) is 7.61. The van der Waals surface area contributed by atoms with Crippen molar-refractivity contribution < 1.29 is 0 Å². The van der Waals surface area contributed by atoms with E-state index < -0.39 is 0 Å². The molecule has 0 aliphatic carbocycles. The number of alkyl halides is 1. The van der Waals surface area contributed by atoms with Crippen LogP contribution in [0.15, 0.2) is 30.7 Å². The molecule has 1 atom stereocenters. The van der Waals surface area contributed by atoms with Gasteiger partial charge in [0.15, 0.2) is 0 Å². The molecule has 0 amide bonds. The Labute approximate surface area is 109 Å². The fourth-order valence-electron chi connectivity index (χ4n) is 1.56. The van der Waals surface area contributed by atoms with Crippen molar-refractivity contribution in [2.75, 3.05) is 0 Å². The van der Waals surface area contributed by atoms with Crippen molar-refractivity contribution in [1.29, 1.82) is 0 Å². The van der Waals surface area contributed by atoms with Crippen LogP contribution in [0.4, 0.5) is 0 Å². The average molecular weight is 295 g/mol. The van der Waals surface area contributed by atoms with Gasteiger partial charge in [0.1, 0.15) is 0 Å². The summed E-state index contributed by atoms with van der Waals surface area (Å²) in [5, 5.41) is 8.27. The predicted octanol–water partition coefficient (Wildman–Crippen LogP) is 2.76. The lowest BCUT2D eigenvalue weighted by atomic mass is 10.2. The van der Waals surface area contributed by atoms with E-state index in [2.05, 4.69) is 44.2 Å². The number of aromatic nitrogens is 4. The molecule has 2 heterocycles. The quantitative estimate of drug-likeness (QED) is 0.797. The molecule has 1 unspecified atom stereocenters. The van der Waals surface area contributed by atoms with Crippen LogP contribution in [0.2, 0.25) is 0 Å². The summed E-state index contributed by atoms with van der Waals surface area (Å²) in [7, 11) is 0. The van der Waals surface area contributed by atoms with E-state index in [1.54, 1.807) is 6.20 Å². The molecule has 4 nitrogen and oxygen atoms in total. The molecule has 0 N–H and O–H groups in total. The van der Waals surface area contributed by atoms with Crippen LogP contribution in [0.3, 0.4) is 0 Å². The van der Waals surface area contributed by atoms with Gasteiger partial charge in [-0.2, -0.15) is 0 Å². The van der Waals surface area contributed by atoms with E-state index in [4.69, 9.17) is 0 Å². The van der Waals surface area contributed by atoms with Crippen LogP contribution in [-0.2, 0) is 13.0 Å². The Morgan fingerprint density at radius 2 is 2.35 bits per heavy atom. The van der Waals surface area contributed by atoms with Crippen LogP contribution in [-0.4, -0.2) is 20.0 Å². The van der Waals surface area contributed by atoms with Crippen molar-refractivity contribution in [1.82, 2.24) is 20.0 Å². The third-order valence-electron chi connectivity index (χ3n) is 2.59. The molecule has 90 valence electrons. The van der Waals surface area contributed by atoms with Gasteiger partial charge in [-0.15, -0.1) is 5.10 Å². The topological polar surface area (TPSA) is 43.6 Å². The number of hydrogen-bond acceptors (Lipinski definition) is 3. The van der Waals surface area contributed by atoms with Crippen molar-refractivity contribution in [3.63, 3.8) is 0 Å². The van der Waals surface area contributed by atoms with Crippen LogP contribution in [0.1, 0.15) is 29.4 Å². The maximum atomic E-state index is 4.15. The van der Waals surface area contributed by atoms with E-state index in [0.717, 1.165) is 25.1 Å². The molecule has 0 fully saturated rings. The van der Waals surface area contributed by atoms with Crippen LogP contribution in [0, 0.1) is 0 Å². The number of halogens is 1. The SMILES string of the molecule is CCC(Br)c1cn(CCc2cccnc2)nn1. The van der Waals surface area contributed by atoms with Crippen molar-refractivity contribution in [2.24, 2.45) is 0 Å². The minimum absolute atomic E-state index is 0.301. The summed E-state index contributed by atoms with van der Waals surface area (Å²) >= 11 is 3.57. The molecular weight excluding hydrogens is 280 g/mol. The van der Waals surface area contributed by atoms with Gasteiger partial charge >= 0.3 is 0 Å². The van der Waals surface area contributed by atoms with E-state index >= 15 is 0 Å². The Bertz CT molecular complexity index is 455. The summed E-state index contributed by atoms with van der Waals surface area (Å²) in [6, 6.07) is 4.03. The summed E-state index contributed by atoms with van der Waals surface area (Å²) in [4.78, 5) is 4.39. The Kier molecular flexibility index (Phi) is 4.25. The minimum Gasteiger partial charge on any atom is -0.264 e. The van der Waals surface area contributed by atoms with E-state index in [9.17, 15) is 0 Å². The maximum Gasteiger partial charge on any atom is 0.0963 e. The number of aryl methyl sites for hydroxylation is 2. The third-order valence-corrected chi connectivity index (χ3v) is 3.70. The Balaban J connectivity index is 1.94. The van der Waals surface area contributed by atoms with Gasteiger partial charge in [0, 0.05) is 25.1 Å². The van der Waals surface area contributed by atoms with Gasteiger partial charge in [0.05, 0.1) is 10.5 Å². The Morgan fingerprint density at radius 1 is 1.47 bits per heavy atom. The number of nitrogens with zero attached hydrogens (tertiary/aromatic N) is 4. The van der Waals surface area contributed by atoms with E-state index in [0.29, 0.717) is 4.83 Å². The summed E-state index contributed by atoms with van der Waals surface area (Å²) < 4.78 is 1.88. The largest absolute Gasteiger partial charge is 0.264 e. The van der Waals surface area contributed by atoms with Gasteiger partial charge in [0.25, 0.3) is 0 Å². The third kappa shape index (κ3) is 3.36. The first kappa shape index (κ1) is 12.2. The highest BCUT2D eigenvalue weighted by molar-refractivity contribution is 9.09. The molecule has 0 bridgehead atoms. The Morgan fingerprint density at radius 3 is 3.06 bits per heavy atom. The first-order valence-corrected chi connectivity index (χ1v) is 6.64. The zero-order valence-corrected chi connectivity index (χ0v) is 11.3. The smallest absolute Gasteiger partial charge is 0.0963 e. The molecular formula is C12H15BrN4. The molecule has 0 aliphatic rings. The number of hydrogen-bond donors (Lipinski definition) is 0. The van der Waals surface area contributed by atoms with Crippen molar-refractivity contribution >= 4 is 15.9 Å². The zero-order valence-electron chi connectivity index (χ0n) is 9.75. The molecule has 2 rings (SSSR count). The molecule has 5 heteroatoms. The second-order valence-electron chi connectivity index (χ2n) is 3.89. The molecule has 2 aromatic rings. The summed E-state index contributed by atoms with van der Waals surface area (Å²) in [6.45, 7) is 2.95. The van der Waals surface area contributed by atoms with Crippen LogP contribution < -0.4 is 0 Å². The minimum atomic E-state index is 0.301. The molecule has 0 aliphatic heterocycles. The van der Waals surface area contributed by atoms with Gasteiger partial charge in [-0.3, -0.25) is 9.67 Å². The fourth-order valence-corrected chi connectivity index (χ4v) is 1.77. The number of pyridine rings is 1. The van der Waals surface area contributed by atoms with Gasteiger partial charge in [-0.05, 0) is 24.5 Å². The van der Waals surface area contributed by atoms with Gasteiger partial charge in [-0.25, -0.2) is 0 Å². The molecule has 17 heavy (non-hydrogen) atoms. The average Bonchev–Trinajstić information content (AvgIpc) is 2.85. The fraction of sp³-hybridized carbons (Fsp3) is 0.417. The second kappa shape index (κ2) is 5.91. The van der Waals surface area contributed by atoms with Crippen molar-refractivity contribution in [3.05, 3.63) is 42.0 Å². The van der Waals surface area contributed by atoms with Gasteiger partial charge in [0.2, 0.25) is 0 Å². The van der Waals surface area contributed by atoms with E-state index in [1.165, 1.54) is 5.56 Å². The van der Waals surface area contributed by atoms with Gasteiger partial charge < -0.3 is 0 Å². The number of rotatable bonds is 5. The molecule has 0 saturated heterocycles. The standard InChI is InChI=1S/C12H15BrN4/c1-2-11(13)12-9-17(16-15-12)7-5-10-4-3-6-14-8-10/h3-4,6,8-9,11H,2,5,7H2,1H3. The second-order valence-corrected chi connectivity index (χ2v) is 5.00. The molecule has 0 spiro atoms. The van der Waals surface area contributed by atoms with Crippen LogP contribution >= 0.6 is 15.9 Å². The first-order chi connectivity index (χ1) is 8.29. The van der Waals surface area contributed by atoms with E-state index in [1.807, 2.05) is 23.1 Å². The molecule has 2 aromatic heterocycles.